The average Bonchev–Trinajstić information content (AvgIpc) is 2.67. The molecule has 136 valence electrons. The summed E-state index contributed by atoms with van der Waals surface area (Å²) >= 11 is 0. The number of hydrogen-bond acceptors (Lipinski definition) is 4. The molecule has 5 nitrogen and oxygen atoms in total. The van der Waals surface area contributed by atoms with E-state index in [0.29, 0.717) is 12.1 Å². The van der Waals surface area contributed by atoms with Gasteiger partial charge in [0.05, 0.1) is 5.56 Å². The van der Waals surface area contributed by atoms with Gasteiger partial charge in [-0.25, -0.2) is 0 Å². The molecule has 1 aliphatic rings. The fourth-order valence-corrected chi connectivity index (χ4v) is 3.38. The lowest BCUT2D eigenvalue weighted by molar-refractivity contribution is 0.0620. The highest BCUT2D eigenvalue weighted by Crippen LogP contribution is 2.27. The van der Waals surface area contributed by atoms with Crippen LogP contribution < -0.4 is 0 Å². The molecule has 0 aromatic heterocycles. The maximum atomic E-state index is 12.7. The van der Waals surface area contributed by atoms with E-state index in [2.05, 4.69) is 0 Å². The first-order valence-electron chi connectivity index (χ1n) is 8.84. The Bertz CT molecular complexity index is 813. The lowest BCUT2D eigenvalue weighted by Crippen LogP contribution is -2.40. The molecule has 1 fully saturated rings. The van der Waals surface area contributed by atoms with E-state index in [4.69, 9.17) is 0 Å². The number of hydrogen-bond donors (Lipinski definition) is 2. The quantitative estimate of drug-likeness (QED) is 0.828. The van der Waals surface area contributed by atoms with Crippen LogP contribution in [0.2, 0.25) is 0 Å². The first-order valence-corrected chi connectivity index (χ1v) is 8.84. The topological polar surface area (TPSA) is 77.8 Å². The van der Waals surface area contributed by atoms with E-state index in [1.54, 1.807) is 29.2 Å². The molecule has 2 aromatic carbocycles. The molecule has 1 amide bonds. The van der Waals surface area contributed by atoms with Crippen LogP contribution in [0.1, 0.15) is 40.5 Å². The van der Waals surface area contributed by atoms with Gasteiger partial charge in [0.1, 0.15) is 5.75 Å². The molecule has 2 aromatic rings. The number of aliphatic hydroxyl groups excluding tert-OH is 1. The van der Waals surface area contributed by atoms with Crippen LogP contribution >= 0.6 is 0 Å². The fraction of sp³-hybridized carbons (Fsp3) is 0.333. The molecule has 26 heavy (non-hydrogen) atoms. The van der Waals surface area contributed by atoms with Crippen molar-refractivity contribution in [1.29, 1.82) is 0 Å². The SMILES string of the molecule is CC(=O)c1cc(-c2ccc(C(=O)N3CCC[C@H](CO)C3)cc2)ccc1O. The van der Waals surface area contributed by atoms with Crippen molar-refractivity contribution in [2.45, 2.75) is 19.8 Å². The first kappa shape index (κ1) is 18.1. The molecule has 0 unspecified atom stereocenters. The Kier molecular flexibility index (Phi) is 5.38. The van der Waals surface area contributed by atoms with Crippen molar-refractivity contribution in [2.24, 2.45) is 5.92 Å². The summed E-state index contributed by atoms with van der Waals surface area (Å²) in [6.45, 7) is 2.84. The van der Waals surface area contributed by atoms with Gasteiger partial charge in [-0.1, -0.05) is 18.2 Å². The molecule has 1 aliphatic heterocycles. The highest BCUT2D eigenvalue weighted by molar-refractivity contribution is 5.98. The summed E-state index contributed by atoms with van der Waals surface area (Å²) in [6.07, 6.45) is 1.87. The Hall–Kier alpha value is -2.66. The largest absolute Gasteiger partial charge is 0.507 e. The van der Waals surface area contributed by atoms with E-state index in [9.17, 15) is 19.8 Å². The van der Waals surface area contributed by atoms with Gasteiger partial charge in [0, 0.05) is 25.3 Å². The van der Waals surface area contributed by atoms with Gasteiger partial charge in [-0.05, 0) is 61.1 Å². The van der Waals surface area contributed by atoms with Crippen molar-refractivity contribution in [1.82, 2.24) is 4.90 Å². The molecule has 1 heterocycles. The van der Waals surface area contributed by atoms with Crippen LogP contribution in [-0.4, -0.2) is 46.5 Å². The van der Waals surface area contributed by atoms with Crippen molar-refractivity contribution in [3.8, 4) is 16.9 Å². The Morgan fingerprint density at radius 3 is 2.46 bits per heavy atom. The van der Waals surface area contributed by atoms with E-state index in [1.165, 1.54) is 13.0 Å². The summed E-state index contributed by atoms with van der Waals surface area (Å²) in [5.74, 6) is -0.0879. The minimum atomic E-state index is -0.195. The third-order valence-electron chi connectivity index (χ3n) is 4.91. The highest BCUT2D eigenvalue weighted by Gasteiger charge is 2.24. The summed E-state index contributed by atoms with van der Waals surface area (Å²) in [5.41, 5.74) is 2.57. The summed E-state index contributed by atoms with van der Waals surface area (Å²) in [6, 6.07) is 12.2. The van der Waals surface area contributed by atoms with E-state index in [1.807, 2.05) is 12.1 Å². The van der Waals surface area contributed by atoms with Gasteiger partial charge in [0.15, 0.2) is 5.78 Å². The monoisotopic (exact) mass is 353 g/mol. The maximum Gasteiger partial charge on any atom is 0.253 e. The van der Waals surface area contributed by atoms with E-state index < -0.39 is 0 Å². The van der Waals surface area contributed by atoms with Crippen LogP contribution in [0.3, 0.4) is 0 Å². The molecular formula is C21H23NO4. The number of phenolic OH excluding ortho intramolecular Hbond substituents is 1. The molecule has 0 radical (unpaired) electrons. The van der Waals surface area contributed by atoms with Gasteiger partial charge >= 0.3 is 0 Å². The average molecular weight is 353 g/mol. The van der Waals surface area contributed by atoms with Crippen LogP contribution in [0.15, 0.2) is 42.5 Å². The number of piperidine rings is 1. The number of ketones is 1. The molecule has 0 bridgehead atoms. The predicted octanol–water partition coefficient (Wildman–Crippen LogP) is 3.11. The lowest BCUT2D eigenvalue weighted by atomic mass is 9.97. The van der Waals surface area contributed by atoms with Gasteiger partial charge in [0.2, 0.25) is 0 Å². The smallest absolute Gasteiger partial charge is 0.253 e. The molecule has 5 heteroatoms. The van der Waals surface area contributed by atoms with Crippen LogP contribution in [0.5, 0.6) is 5.75 Å². The third-order valence-corrected chi connectivity index (χ3v) is 4.91. The van der Waals surface area contributed by atoms with Crippen molar-refractivity contribution in [3.05, 3.63) is 53.6 Å². The second kappa shape index (κ2) is 7.70. The normalized spacial score (nSPS) is 17.2. The molecule has 1 saturated heterocycles. The minimum Gasteiger partial charge on any atom is -0.507 e. The summed E-state index contributed by atoms with van der Waals surface area (Å²) in [4.78, 5) is 26.1. The zero-order valence-corrected chi connectivity index (χ0v) is 14.8. The zero-order chi connectivity index (χ0) is 18.7. The van der Waals surface area contributed by atoms with Gasteiger partial charge in [-0.3, -0.25) is 9.59 Å². The zero-order valence-electron chi connectivity index (χ0n) is 14.8. The number of carbonyl (C=O) groups is 2. The Balaban J connectivity index is 1.79. The van der Waals surface area contributed by atoms with Gasteiger partial charge in [-0.2, -0.15) is 0 Å². The van der Waals surface area contributed by atoms with Crippen molar-refractivity contribution < 1.29 is 19.8 Å². The second-order valence-corrected chi connectivity index (χ2v) is 6.81. The minimum absolute atomic E-state index is 0.0233. The third kappa shape index (κ3) is 3.78. The highest BCUT2D eigenvalue weighted by atomic mass is 16.3. The predicted molar refractivity (Wildman–Crippen MR) is 99.3 cm³/mol. The van der Waals surface area contributed by atoms with Gasteiger partial charge in [-0.15, -0.1) is 0 Å². The van der Waals surface area contributed by atoms with Crippen molar-refractivity contribution in [2.75, 3.05) is 19.7 Å². The molecule has 1 atom stereocenters. The second-order valence-electron chi connectivity index (χ2n) is 6.81. The number of benzene rings is 2. The number of rotatable bonds is 4. The molecule has 3 rings (SSSR count). The van der Waals surface area contributed by atoms with E-state index in [0.717, 1.165) is 30.5 Å². The number of Topliss-reactive ketones (excluding diaryl/α,β-unsaturated/α-hetero) is 1. The Morgan fingerprint density at radius 1 is 1.12 bits per heavy atom. The van der Waals surface area contributed by atoms with Gasteiger partial charge in [0.25, 0.3) is 5.91 Å². The molecule has 0 aliphatic carbocycles. The Morgan fingerprint density at radius 2 is 1.81 bits per heavy atom. The molecule has 0 saturated carbocycles. The van der Waals surface area contributed by atoms with Gasteiger partial charge < -0.3 is 15.1 Å². The van der Waals surface area contributed by atoms with E-state index in [-0.39, 0.29) is 35.5 Å². The number of aromatic hydroxyl groups is 1. The number of likely N-dealkylation sites (tertiary alicyclic amines) is 1. The molecular weight excluding hydrogens is 330 g/mol. The van der Waals surface area contributed by atoms with Crippen LogP contribution in [0.25, 0.3) is 11.1 Å². The summed E-state index contributed by atoms with van der Waals surface area (Å²) in [5, 5.41) is 19.1. The first-order chi connectivity index (χ1) is 12.5. The fourth-order valence-electron chi connectivity index (χ4n) is 3.38. The summed E-state index contributed by atoms with van der Waals surface area (Å²) < 4.78 is 0. The van der Waals surface area contributed by atoms with Crippen LogP contribution in [-0.2, 0) is 0 Å². The number of phenols is 1. The van der Waals surface area contributed by atoms with E-state index >= 15 is 0 Å². The lowest BCUT2D eigenvalue weighted by Gasteiger charge is -2.32. The molecule has 0 spiro atoms. The van der Waals surface area contributed by atoms with Crippen molar-refractivity contribution >= 4 is 11.7 Å². The number of amides is 1. The maximum absolute atomic E-state index is 12.7. The standard InChI is InChI=1S/C21H23NO4/c1-14(24)19-11-18(8-9-20(19)25)16-4-6-17(7-5-16)21(26)22-10-2-3-15(12-22)13-23/h4-9,11,15,23,25H,2-3,10,12-13H2,1H3/t15-/m0/s1. The molecule has 2 N–H and O–H groups in total. The summed E-state index contributed by atoms with van der Waals surface area (Å²) in [7, 11) is 0. The Labute approximate surface area is 152 Å². The van der Waals surface area contributed by atoms with Crippen LogP contribution in [0, 0.1) is 5.92 Å². The number of aliphatic hydroxyl groups is 1. The number of carbonyl (C=O) groups excluding carboxylic acids is 2. The van der Waals surface area contributed by atoms with Crippen LogP contribution in [0.4, 0.5) is 0 Å². The van der Waals surface area contributed by atoms with Crippen molar-refractivity contribution in [3.63, 3.8) is 0 Å². The number of nitrogens with zero attached hydrogens (tertiary/aromatic N) is 1.